The number of ether oxygens (including phenoxy) is 6. The second-order valence-electron chi connectivity index (χ2n) is 16.7. The van der Waals surface area contributed by atoms with Crippen molar-refractivity contribution in [2.24, 2.45) is 0 Å². The lowest BCUT2D eigenvalue weighted by atomic mass is 10.2. The standard InChI is InChI=1S/2C24H29N5O6S/c2*1-16(24(30)28-13-5-6-14-28)36(31,32)15-20-26-27-23(17-9-7-12-21(25-17)35-4)29(20)22-18(33-2)10-8-11-19(22)34-3/h2*7-12,16H,5-6,13-15H2,1-4H3/t2*16-/m10/s1. The van der Waals surface area contributed by atoms with Crippen molar-refractivity contribution in [3.63, 3.8) is 0 Å². The van der Waals surface area contributed by atoms with Gasteiger partial charge in [-0.1, -0.05) is 24.3 Å². The lowest BCUT2D eigenvalue weighted by molar-refractivity contribution is -0.130. The average Bonchev–Trinajstić information content (AvgIpc) is 4.27. The number of pyridine rings is 2. The van der Waals surface area contributed by atoms with E-state index >= 15 is 0 Å². The van der Waals surface area contributed by atoms with Crippen LogP contribution >= 0.6 is 0 Å². The molecule has 72 heavy (non-hydrogen) atoms. The SMILES string of the molecule is COc1cccc(-c2nnc(CS(=O)(=O)[C@@H](C)C(=O)N3CCCC3)n2-c2c(OC)cccc2OC)n1.COc1cccc(-c2nnc(CS(=O)(=O)[C@H](C)C(=O)N3CCCC3)n2-c2c(OC)cccc2OC)n1. The highest BCUT2D eigenvalue weighted by Crippen LogP contribution is 2.38. The molecule has 0 spiro atoms. The number of rotatable bonds is 18. The molecular formula is C48H58N10O12S2. The molecular weight excluding hydrogens is 973 g/mol. The number of amides is 2. The van der Waals surface area contributed by atoms with Gasteiger partial charge >= 0.3 is 0 Å². The van der Waals surface area contributed by atoms with Crippen LogP contribution in [0.25, 0.3) is 34.4 Å². The predicted molar refractivity (Wildman–Crippen MR) is 264 cm³/mol. The molecule has 2 amide bonds. The summed E-state index contributed by atoms with van der Waals surface area (Å²) in [5, 5.41) is 14.5. The minimum Gasteiger partial charge on any atom is -0.494 e. The second kappa shape index (κ2) is 22.8. The van der Waals surface area contributed by atoms with Crippen LogP contribution < -0.4 is 28.4 Å². The highest BCUT2D eigenvalue weighted by Gasteiger charge is 2.37. The quantitative estimate of drug-likeness (QED) is 0.114. The highest BCUT2D eigenvalue weighted by atomic mass is 32.2. The normalized spacial score (nSPS) is 14.5. The Bertz CT molecular complexity index is 2860. The van der Waals surface area contributed by atoms with E-state index in [2.05, 4.69) is 30.4 Å². The Morgan fingerprint density at radius 1 is 0.486 bits per heavy atom. The summed E-state index contributed by atoms with van der Waals surface area (Å²) in [6.07, 6.45) is 3.49. The molecule has 6 aromatic rings. The first kappa shape index (κ1) is 52.5. The van der Waals surface area contributed by atoms with Crippen molar-refractivity contribution < 1.29 is 54.8 Å². The first-order valence-electron chi connectivity index (χ1n) is 23.0. The lowest BCUT2D eigenvalue weighted by Crippen LogP contribution is -2.40. The van der Waals surface area contributed by atoms with E-state index in [0.717, 1.165) is 25.7 Å². The molecule has 0 bridgehead atoms. The maximum absolute atomic E-state index is 13.4. The highest BCUT2D eigenvalue weighted by molar-refractivity contribution is 7.92. The number of para-hydroxylation sites is 2. The molecule has 6 heterocycles. The molecule has 2 aliphatic heterocycles. The number of sulfone groups is 2. The van der Waals surface area contributed by atoms with Gasteiger partial charge in [-0.25, -0.2) is 26.8 Å². The molecule has 0 aliphatic carbocycles. The molecule has 2 aromatic carbocycles. The summed E-state index contributed by atoms with van der Waals surface area (Å²) < 4.78 is 89.5. The number of methoxy groups -OCH3 is 6. The van der Waals surface area contributed by atoms with E-state index in [1.807, 2.05) is 0 Å². The van der Waals surface area contributed by atoms with Crippen LogP contribution in [0.1, 0.15) is 51.2 Å². The molecule has 0 radical (unpaired) electrons. The van der Waals surface area contributed by atoms with Gasteiger partial charge in [0.25, 0.3) is 0 Å². The van der Waals surface area contributed by atoms with Gasteiger partial charge in [0, 0.05) is 38.3 Å². The van der Waals surface area contributed by atoms with E-state index in [4.69, 9.17) is 28.4 Å². The van der Waals surface area contributed by atoms with Crippen LogP contribution in [0.5, 0.6) is 34.8 Å². The predicted octanol–water partition coefficient (Wildman–Crippen LogP) is 4.56. The Kier molecular flexibility index (Phi) is 16.6. The van der Waals surface area contributed by atoms with Crippen molar-refractivity contribution in [3.05, 3.63) is 84.4 Å². The van der Waals surface area contributed by atoms with Crippen molar-refractivity contribution >= 4 is 31.5 Å². The Balaban J connectivity index is 0.000000211. The zero-order chi connectivity index (χ0) is 51.7. The number of likely N-dealkylation sites (tertiary alicyclic amines) is 2. The van der Waals surface area contributed by atoms with Crippen molar-refractivity contribution in [1.82, 2.24) is 49.3 Å². The molecule has 4 aromatic heterocycles. The maximum Gasteiger partial charge on any atom is 0.240 e. The Labute approximate surface area is 418 Å². The third kappa shape index (κ3) is 11.1. The Morgan fingerprint density at radius 3 is 1.11 bits per heavy atom. The summed E-state index contributed by atoms with van der Waals surface area (Å²) in [5.74, 6) is 1.25. The first-order chi connectivity index (χ1) is 34.6. The van der Waals surface area contributed by atoms with E-state index in [1.165, 1.54) is 56.5 Å². The summed E-state index contributed by atoms with van der Waals surface area (Å²) in [7, 11) is 1.11. The molecule has 2 atom stereocenters. The van der Waals surface area contributed by atoms with Crippen molar-refractivity contribution in [2.45, 2.75) is 61.5 Å². The molecule has 8 rings (SSSR count). The van der Waals surface area contributed by atoms with Crippen molar-refractivity contribution in [1.29, 1.82) is 0 Å². The molecule has 0 N–H and O–H groups in total. The smallest absolute Gasteiger partial charge is 0.240 e. The molecule has 2 fully saturated rings. The molecule has 0 saturated carbocycles. The minimum atomic E-state index is -3.94. The fourth-order valence-corrected chi connectivity index (χ4v) is 10.8. The van der Waals surface area contributed by atoms with E-state index in [0.29, 0.717) is 83.7 Å². The first-order valence-corrected chi connectivity index (χ1v) is 26.4. The minimum absolute atomic E-state index is 0.0958. The fourth-order valence-electron chi connectivity index (χ4n) is 8.34. The Hall–Kier alpha value is -7.34. The molecule has 2 aliphatic rings. The zero-order valence-electron chi connectivity index (χ0n) is 41.3. The van der Waals surface area contributed by atoms with E-state index in [-0.39, 0.29) is 23.3 Å². The summed E-state index contributed by atoms with van der Waals surface area (Å²) in [6, 6.07) is 20.7. The molecule has 24 heteroatoms. The molecule has 22 nitrogen and oxygen atoms in total. The van der Waals surface area contributed by atoms with Gasteiger partial charge in [0.15, 0.2) is 43.0 Å². The summed E-state index contributed by atoms with van der Waals surface area (Å²) in [5.41, 5.74) is 1.63. The molecule has 0 unspecified atom stereocenters. The van der Waals surface area contributed by atoms with Crippen LogP contribution in [0.2, 0.25) is 0 Å². The van der Waals surface area contributed by atoms with Gasteiger partial charge < -0.3 is 38.2 Å². The number of hydrogen-bond donors (Lipinski definition) is 0. The zero-order valence-corrected chi connectivity index (χ0v) is 43.0. The number of aromatic nitrogens is 8. The topological polar surface area (TPSA) is 251 Å². The van der Waals surface area contributed by atoms with Gasteiger partial charge in [-0.2, -0.15) is 0 Å². The number of nitrogens with zero attached hydrogens (tertiary/aromatic N) is 10. The van der Waals surface area contributed by atoms with Crippen LogP contribution in [-0.2, 0) is 40.8 Å². The number of carbonyl (C=O) groups excluding carboxylic acids is 2. The van der Waals surface area contributed by atoms with Gasteiger partial charge in [0.05, 0.1) is 42.7 Å². The Morgan fingerprint density at radius 2 is 0.806 bits per heavy atom. The molecule has 384 valence electrons. The van der Waals surface area contributed by atoms with Crippen LogP contribution in [-0.4, -0.2) is 157 Å². The lowest BCUT2D eigenvalue weighted by Gasteiger charge is -2.21. The van der Waals surface area contributed by atoms with Crippen LogP contribution in [0.15, 0.2) is 72.8 Å². The number of benzene rings is 2. The van der Waals surface area contributed by atoms with Gasteiger partial charge in [-0.3, -0.25) is 18.7 Å². The summed E-state index contributed by atoms with van der Waals surface area (Å²) in [6.45, 7) is 5.12. The fraction of sp³-hybridized carbons (Fsp3) is 0.417. The second-order valence-corrected chi connectivity index (χ2v) is 21.3. The monoisotopic (exact) mass is 1030 g/mol. The van der Waals surface area contributed by atoms with Crippen molar-refractivity contribution in [2.75, 3.05) is 68.8 Å². The van der Waals surface area contributed by atoms with Gasteiger partial charge in [0.2, 0.25) is 23.6 Å². The summed E-state index contributed by atoms with van der Waals surface area (Å²) >= 11 is 0. The van der Waals surface area contributed by atoms with Gasteiger partial charge in [-0.05, 0) is 75.9 Å². The van der Waals surface area contributed by atoms with Crippen LogP contribution in [0.3, 0.4) is 0 Å². The van der Waals surface area contributed by atoms with Gasteiger partial charge in [0.1, 0.15) is 67.8 Å². The van der Waals surface area contributed by atoms with E-state index in [1.54, 1.807) is 91.7 Å². The third-order valence-corrected chi connectivity index (χ3v) is 16.2. The average molecular weight is 1030 g/mol. The van der Waals surface area contributed by atoms with Crippen LogP contribution in [0, 0.1) is 0 Å². The number of hydrogen-bond acceptors (Lipinski definition) is 18. The van der Waals surface area contributed by atoms with E-state index < -0.39 is 53.5 Å². The summed E-state index contributed by atoms with van der Waals surface area (Å²) in [4.78, 5) is 37.8. The number of carbonyl (C=O) groups is 2. The largest absolute Gasteiger partial charge is 0.494 e. The van der Waals surface area contributed by atoms with Gasteiger partial charge in [-0.15, -0.1) is 20.4 Å². The van der Waals surface area contributed by atoms with Crippen LogP contribution in [0.4, 0.5) is 0 Å². The third-order valence-electron chi connectivity index (χ3n) is 12.3. The van der Waals surface area contributed by atoms with Crippen molar-refractivity contribution in [3.8, 4) is 69.2 Å². The van der Waals surface area contributed by atoms with E-state index in [9.17, 15) is 26.4 Å². The molecule has 2 saturated heterocycles. The maximum atomic E-state index is 13.4.